The maximum absolute atomic E-state index is 12.6. The van der Waals surface area contributed by atoms with Crippen LogP contribution in [0.25, 0.3) is 6.08 Å². The van der Waals surface area contributed by atoms with Gasteiger partial charge in [-0.1, -0.05) is 63.4 Å². The van der Waals surface area contributed by atoms with Gasteiger partial charge in [0.25, 0.3) is 5.91 Å². The zero-order chi connectivity index (χ0) is 22.7. The van der Waals surface area contributed by atoms with E-state index in [1.54, 1.807) is 6.08 Å². The quantitative estimate of drug-likeness (QED) is 0.310. The number of nitrogens with zero attached hydrogens (tertiary/aromatic N) is 1. The zero-order valence-corrected chi connectivity index (χ0v) is 21.6. The summed E-state index contributed by atoms with van der Waals surface area (Å²) in [7, 11) is 0. The molecule has 0 bridgehead atoms. The Morgan fingerprint density at radius 1 is 1.12 bits per heavy atom. The van der Waals surface area contributed by atoms with E-state index in [0.29, 0.717) is 27.5 Å². The van der Waals surface area contributed by atoms with Crippen LogP contribution in [0.15, 0.2) is 79.5 Å². The molecule has 162 valence electrons. The highest BCUT2D eigenvalue weighted by atomic mass is 79.9. The summed E-state index contributed by atoms with van der Waals surface area (Å²) in [6.45, 7) is 2.32. The van der Waals surface area contributed by atoms with Gasteiger partial charge in [-0.05, 0) is 71.0 Å². The Balaban J connectivity index is 1.60. The number of ether oxygens (including phenoxy) is 1. The summed E-state index contributed by atoms with van der Waals surface area (Å²) in [6.07, 6.45) is 1.80. The second-order valence-electron chi connectivity index (χ2n) is 7.00. The second-order valence-corrected chi connectivity index (χ2v) is 10.2. The predicted octanol–water partition coefficient (Wildman–Crippen LogP) is 7.64. The maximum Gasteiger partial charge on any atom is 0.264 e. The Kier molecular flexibility index (Phi) is 7.40. The number of halogens is 3. The van der Waals surface area contributed by atoms with Crippen LogP contribution in [0, 0.1) is 6.92 Å². The van der Waals surface area contributed by atoms with Crippen molar-refractivity contribution in [3.63, 3.8) is 0 Å². The molecule has 0 spiro atoms. The van der Waals surface area contributed by atoms with Crippen molar-refractivity contribution in [2.45, 2.75) is 13.5 Å². The molecule has 1 heterocycles. The lowest BCUT2D eigenvalue weighted by Gasteiger charge is -2.13. The van der Waals surface area contributed by atoms with Crippen molar-refractivity contribution < 1.29 is 9.53 Å². The van der Waals surface area contributed by atoms with Crippen LogP contribution < -0.4 is 10.1 Å². The first-order valence-electron chi connectivity index (χ1n) is 9.60. The molecule has 0 radical (unpaired) electrons. The van der Waals surface area contributed by atoms with Crippen LogP contribution in [0.4, 0.5) is 5.69 Å². The number of carbonyl (C=O) groups excluding carboxylic acids is 1. The Hall–Kier alpha value is -2.06. The van der Waals surface area contributed by atoms with Gasteiger partial charge in [0.1, 0.15) is 12.4 Å². The first kappa shape index (κ1) is 23.1. The van der Waals surface area contributed by atoms with Crippen molar-refractivity contribution in [2.24, 2.45) is 4.99 Å². The molecule has 4 nitrogen and oxygen atoms in total. The molecule has 0 atom stereocenters. The van der Waals surface area contributed by atoms with Crippen molar-refractivity contribution in [1.29, 1.82) is 0 Å². The monoisotopic (exact) mass is 590 g/mol. The smallest absolute Gasteiger partial charge is 0.264 e. The SMILES string of the molecule is Cc1ccc(N=C2NC(=O)/C(=C/c3cc(Br)cc(Br)c3OCc3ccccc3Cl)S2)cc1. The summed E-state index contributed by atoms with van der Waals surface area (Å²) in [5.74, 6) is 0.423. The minimum Gasteiger partial charge on any atom is -0.487 e. The van der Waals surface area contributed by atoms with Crippen LogP contribution in [0.3, 0.4) is 0 Å². The van der Waals surface area contributed by atoms with E-state index in [1.165, 1.54) is 11.8 Å². The molecule has 1 aliphatic rings. The number of rotatable bonds is 5. The number of amidine groups is 1. The van der Waals surface area contributed by atoms with Crippen molar-refractivity contribution >= 4 is 78.1 Å². The minimum atomic E-state index is -0.200. The average Bonchev–Trinajstić information content (AvgIpc) is 3.09. The van der Waals surface area contributed by atoms with Crippen molar-refractivity contribution in [3.8, 4) is 5.75 Å². The molecule has 1 amide bonds. The molecule has 0 unspecified atom stereocenters. The van der Waals surface area contributed by atoms with Crippen molar-refractivity contribution in [1.82, 2.24) is 5.32 Å². The van der Waals surface area contributed by atoms with E-state index in [-0.39, 0.29) is 5.91 Å². The first-order valence-corrected chi connectivity index (χ1v) is 12.4. The summed E-state index contributed by atoms with van der Waals surface area (Å²) in [5, 5.41) is 4.01. The van der Waals surface area contributed by atoms with E-state index >= 15 is 0 Å². The number of hydrogen-bond acceptors (Lipinski definition) is 4. The van der Waals surface area contributed by atoms with E-state index in [9.17, 15) is 4.79 Å². The van der Waals surface area contributed by atoms with Gasteiger partial charge >= 0.3 is 0 Å². The fraction of sp³-hybridized carbons (Fsp3) is 0.0833. The molecule has 1 saturated heterocycles. The van der Waals surface area contributed by atoms with Gasteiger partial charge in [0.2, 0.25) is 0 Å². The summed E-state index contributed by atoms with van der Waals surface area (Å²) in [5.41, 5.74) is 3.58. The van der Waals surface area contributed by atoms with Crippen LogP contribution in [-0.2, 0) is 11.4 Å². The highest BCUT2D eigenvalue weighted by Gasteiger charge is 2.25. The van der Waals surface area contributed by atoms with Gasteiger partial charge in [0, 0.05) is 20.6 Å². The first-order chi connectivity index (χ1) is 15.4. The lowest BCUT2D eigenvalue weighted by molar-refractivity contribution is -0.115. The molecule has 3 aromatic rings. The van der Waals surface area contributed by atoms with E-state index in [4.69, 9.17) is 16.3 Å². The molecular formula is C24H17Br2ClN2O2S. The van der Waals surface area contributed by atoms with E-state index in [0.717, 1.165) is 31.3 Å². The van der Waals surface area contributed by atoms with Gasteiger partial charge in [-0.25, -0.2) is 4.99 Å². The third-order valence-electron chi connectivity index (χ3n) is 4.57. The van der Waals surface area contributed by atoms with Gasteiger partial charge in [-0.3, -0.25) is 4.79 Å². The molecule has 1 aliphatic heterocycles. The Morgan fingerprint density at radius 2 is 1.88 bits per heavy atom. The number of aryl methyl sites for hydroxylation is 1. The van der Waals surface area contributed by atoms with E-state index in [2.05, 4.69) is 42.2 Å². The third kappa shape index (κ3) is 5.64. The maximum atomic E-state index is 12.6. The van der Waals surface area contributed by atoms with Gasteiger partial charge in [0.15, 0.2) is 5.17 Å². The highest BCUT2D eigenvalue weighted by Crippen LogP contribution is 2.37. The molecular weight excluding hydrogens is 576 g/mol. The molecule has 4 rings (SSSR count). The summed E-state index contributed by atoms with van der Waals surface area (Å²) in [4.78, 5) is 17.6. The average molecular weight is 593 g/mol. The standard InChI is InChI=1S/C24H17Br2ClN2O2S/c1-14-6-8-18(9-7-14)28-24-29-23(30)21(32-24)11-16-10-17(25)12-19(26)22(16)31-13-15-4-2-3-5-20(15)27/h2-12H,13H2,1H3,(H,28,29,30)/b21-11-. The number of hydrogen-bond donors (Lipinski definition) is 1. The van der Waals surface area contributed by atoms with Crippen LogP contribution in [-0.4, -0.2) is 11.1 Å². The Morgan fingerprint density at radius 3 is 2.62 bits per heavy atom. The molecule has 32 heavy (non-hydrogen) atoms. The van der Waals surface area contributed by atoms with Crippen LogP contribution in [0.1, 0.15) is 16.7 Å². The molecule has 0 saturated carbocycles. The number of thioether (sulfide) groups is 1. The van der Waals surface area contributed by atoms with Gasteiger partial charge in [-0.15, -0.1) is 0 Å². The lowest BCUT2D eigenvalue weighted by atomic mass is 10.1. The third-order valence-corrected chi connectivity index (χ3v) is 6.89. The molecule has 0 aliphatic carbocycles. The van der Waals surface area contributed by atoms with Crippen LogP contribution in [0.2, 0.25) is 5.02 Å². The number of benzene rings is 3. The zero-order valence-electron chi connectivity index (χ0n) is 16.9. The van der Waals surface area contributed by atoms with Crippen LogP contribution >= 0.6 is 55.2 Å². The summed E-state index contributed by atoms with van der Waals surface area (Å²) in [6, 6.07) is 19.2. The molecule has 1 fully saturated rings. The highest BCUT2D eigenvalue weighted by molar-refractivity contribution is 9.11. The number of nitrogens with one attached hydrogen (secondary N) is 1. The summed E-state index contributed by atoms with van der Waals surface area (Å²) >= 11 is 14.6. The number of carbonyl (C=O) groups is 1. The molecule has 8 heteroatoms. The number of amides is 1. The topological polar surface area (TPSA) is 50.7 Å². The van der Waals surface area contributed by atoms with Crippen molar-refractivity contribution in [2.75, 3.05) is 0 Å². The van der Waals surface area contributed by atoms with Gasteiger partial charge in [-0.2, -0.15) is 0 Å². The van der Waals surface area contributed by atoms with Gasteiger partial charge in [0.05, 0.1) is 15.1 Å². The second kappa shape index (κ2) is 10.3. The van der Waals surface area contributed by atoms with Crippen molar-refractivity contribution in [3.05, 3.63) is 96.2 Å². The lowest BCUT2D eigenvalue weighted by Crippen LogP contribution is -2.19. The fourth-order valence-corrected chi connectivity index (χ4v) is 5.36. The number of aliphatic imine (C=N–C) groups is 1. The predicted molar refractivity (Wildman–Crippen MR) is 140 cm³/mol. The minimum absolute atomic E-state index is 0.200. The van der Waals surface area contributed by atoms with Gasteiger partial charge < -0.3 is 10.1 Å². The molecule has 0 aromatic heterocycles. The Bertz CT molecular complexity index is 1240. The van der Waals surface area contributed by atoms with E-state index < -0.39 is 0 Å². The fourth-order valence-electron chi connectivity index (χ4n) is 2.96. The van der Waals surface area contributed by atoms with E-state index in [1.807, 2.05) is 67.6 Å². The summed E-state index contributed by atoms with van der Waals surface area (Å²) < 4.78 is 7.73. The molecule has 1 N–H and O–H groups in total. The largest absolute Gasteiger partial charge is 0.487 e. The molecule has 3 aromatic carbocycles. The van der Waals surface area contributed by atoms with Crippen LogP contribution in [0.5, 0.6) is 5.75 Å². The normalized spacial score (nSPS) is 15.9. The Labute approximate surface area is 212 Å².